The second kappa shape index (κ2) is 7.77. The Hall–Kier alpha value is -1.92. The minimum atomic E-state index is 0.362. The Morgan fingerprint density at radius 2 is 2.21 bits per heavy atom. The fourth-order valence-electron chi connectivity index (χ4n) is 3.05. The van der Waals surface area contributed by atoms with Crippen molar-refractivity contribution in [3.63, 3.8) is 0 Å². The van der Waals surface area contributed by atoms with Crippen molar-refractivity contribution in [2.24, 2.45) is 0 Å². The number of pyridine rings is 1. The highest BCUT2D eigenvalue weighted by Crippen LogP contribution is 2.22. The molecule has 7 heteroatoms. The van der Waals surface area contributed by atoms with Gasteiger partial charge in [-0.25, -0.2) is 9.97 Å². The molecule has 24 heavy (non-hydrogen) atoms. The summed E-state index contributed by atoms with van der Waals surface area (Å²) in [6, 6.07) is 6.09. The smallest absolute Gasteiger partial charge is 0.228 e. The molecule has 128 valence electrons. The fourth-order valence-corrected chi connectivity index (χ4v) is 3.23. The normalized spacial score (nSPS) is 18.4. The summed E-state index contributed by atoms with van der Waals surface area (Å²) in [5.74, 6) is 1.28. The molecule has 0 spiro atoms. The SMILES string of the molecule is COc1ccnc(N(C)C2CCCN(Cc3cccnc3Cl)C2)n1. The second-order valence-corrected chi connectivity index (χ2v) is 6.35. The third-order valence-electron chi connectivity index (χ3n) is 4.40. The average molecular weight is 348 g/mol. The molecule has 1 unspecified atom stereocenters. The number of nitrogens with zero attached hydrogens (tertiary/aromatic N) is 5. The number of likely N-dealkylation sites (tertiary alicyclic amines) is 1. The maximum Gasteiger partial charge on any atom is 0.228 e. The summed E-state index contributed by atoms with van der Waals surface area (Å²) in [4.78, 5) is 17.5. The molecule has 1 saturated heterocycles. The van der Waals surface area contributed by atoms with Crippen LogP contribution in [0.3, 0.4) is 0 Å². The van der Waals surface area contributed by atoms with Crippen LogP contribution in [0.25, 0.3) is 0 Å². The third-order valence-corrected chi connectivity index (χ3v) is 4.74. The van der Waals surface area contributed by atoms with Gasteiger partial charge >= 0.3 is 0 Å². The van der Waals surface area contributed by atoms with Crippen molar-refractivity contribution in [2.75, 3.05) is 32.1 Å². The van der Waals surface area contributed by atoms with E-state index in [-0.39, 0.29) is 0 Å². The van der Waals surface area contributed by atoms with E-state index in [4.69, 9.17) is 16.3 Å². The van der Waals surface area contributed by atoms with Crippen molar-refractivity contribution in [1.82, 2.24) is 19.9 Å². The quantitative estimate of drug-likeness (QED) is 0.775. The topological polar surface area (TPSA) is 54.4 Å². The van der Waals surface area contributed by atoms with Gasteiger partial charge in [-0.15, -0.1) is 0 Å². The van der Waals surface area contributed by atoms with Crippen molar-refractivity contribution in [3.05, 3.63) is 41.3 Å². The molecule has 1 aliphatic heterocycles. The summed E-state index contributed by atoms with van der Waals surface area (Å²) >= 11 is 6.19. The maximum absolute atomic E-state index is 6.19. The zero-order valence-electron chi connectivity index (χ0n) is 14.0. The van der Waals surface area contributed by atoms with Crippen LogP contribution in [-0.4, -0.2) is 53.1 Å². The summed E-state index contributed by atoms with van der Waals surface area (Å²) in [5.41, 5.74) is 1.07. The standard InChI is InChI=1S/C17H22ClN5O/c1-22(17-20-9-7-15(21-17)24-2)14-6-4-10-23(12-14)11-13-5-3-8-19-16(13)18/h3,5,7-9,14H,4,6,10-12H2,1-2H3. The molecule has 0 saturated carbocycles. The molecule has 0 N–H and O–H groups in total. The number of rotatable bonds is 5. The van der Waals surface area contributed by atoms with Gasteiger partial charge in [0, 0.05) is 50.2 Å². The van der Waals surface area contributed by atoms with Crippen molar-refractivity contribution >= 4 is 17.5 Å². The number of methoxy groups -OCH3 is 1. The van der Waals surface area contributed by atoms with Crippen LogP contribution < -0.4 is 9.64 Å². The van der Waals surface area contributed by atoms with Crippen LogP contribution in [0, 0.1) is 0 Å². The van der Waals surface area contributed by atoms with Gasteiger partial charge in [0.2, 0.25) is 11.8 Å². The Balaban J connectivity index is 1.67. The molecule has 2 aromatic rings. The molecule has 1 fully saturated rings. The Morgan fingerprint density at radius 3 is 3.00 bits per heavy atom. The predicted octanol–water partition coefficient (Wildman–Crippen LogP) is 2.63. The second-order valence-electron chi connectivity index (χ2n) is 5.99. The first-order chi connectivity index (χ1) is 11.7. The highest BCUT2D eigenvalue weighted by atomic mass is 35.5. The van der Waals surface area contributed by atoms with Gasteiger partial charge in [0.15, 0.2) is 0 Å². The van der Waals surface area contributed by atoms with Gasteiger partial charge < -0.3 is 9.64 Å². The van der Waals surface area contributed by atoms with Crippen molar-refractivity contribution in [1.29, 1.82) is 0 Å². The van der Waals surface area contributed by atoms with Crippen molar-refractivity contribution in [3.8, 4) is 5.88 Å². The van der Waals surface area contributed by atoms with E-state index in [1.54, 1.807) is 25.6 Å². The van der Waals surface area contributed by atoms with Gasteiger partial charge in [0.1, 0.15) is 5.15 Å². The number of aromatic nitrogens is 3. The number of anilines is 1. The summed E-state index contributed by atoms with van der Waals surface area (Å²) < 4.78 is 5.20. The Labute approximate surface area is 147 Å². The van der Waals surface area contributed by atoms with Crippen molar-refractivity contribution in [2.45, 2.75) is 25.4 Å². The van der Waals surface area contributed by atoms with Gasteiger partial charge in [0.05, 0.1) is 7.11 Å². The van der Waals surface area contributed by atoms with Crippen LogP contribution in [0.4, 0.5) is 5.95 Å². The molecule has 0 amide bonds. The molecule has 1 aliphatic rings. The number of hydrogen-bond donors (Lipinski definition) is 0. The molecule has 0 aliphatic carbocycles. The number of hydrogen-bond acceptors (Lipinski definition) is 6. The molecule has 2 aromatic heterocycles. The molecule has 0 aromatic carbocycles. The molecule has 3 heterocycles. The van der Waals surface area contributed by atoms with Crippen LogP contribution in [0.5, 0.6) is 5.88 Å². The Morgan fingerprint density at radius 1 is 1.33 bits per heavy atom. The van der Waals surface area contributed by atoms with E-state index in [2.05, 4.69) is 24.8 Å². The van der Waals surface area contributed by atoms with Gasteiger partial charge in [-0.2, -0.15) is 4.98 Å². The molecule has 6 nitrogen and oxygen atoms in total. The van der Waals surface area contributed by atoms with E-state index in [9.17, 15) is 0 Å². The molecular weight excluding hydrogens is 326 g/mol. The lowest BCUT2D eigenvalue weighted by Gasteiger charge is -2.37. The monoisotopic (exact) mass is 347 g/mol. The van der Waals surface area contributed by atoms with Crippen molar-refractivity contribution < 1.29 is 4.74 Å². The van der Waals surface area contributed by atoms with Gasteiger partial charge in [-0.1, -0.05) is 17.7 Å². The molecule has 1 atom stereocenters. The van der Waals surface area contributed by atoms with E-state index >= 15 is 0 Å². The van der Waals surface area contributed by atoms with Gasteiger partial charge in [0.25, 0.3) is 0 Å². The Bertz CT molecular complexity index is 684. The largest absolute Gasteiger partial charge is 0.481 e. The highest BCUT2D eigenvalue weighted by molar-refractivity contribution is 6.30. The number of likely N-dealkylation sites (N-methyl/N-ethyl adjacent to an activating group) is 1. The first-order valence-corrected chi connectivity index (χ1v) is 8.47. The van der Waals surface area contributed by atoms with Crippen LogP contribution >= 0.6 is 11.6 Å². The first-order valence-electron chi connectivity index (χ1n) is 8.09. The lowest BCUT2D eigenvalue weighted by Crippen LogP contribution is -2.46. The van der Waals surface area contributed by atoms with Gasteiger partial charge in [-0.05, 0) is 25.5 Å². The number of ether oxygens (including phenoxy) is 1. The van der Waals surface area contributed by atoms with Crippen LogP contribution in [0.15, 0.2) is 30.6 Å². The van der Waals surface area contributed by atoms with Gasteiger partial charge in [-0.3, -0.25) is 4.90 Å². The van der Waals surface area contributed by atoms with E-state index in [0.29, 0.717) is 23.0 Å². The Kier molecular flexibility index (Phi) is 5.48. The highest BCUT2D eigenvalue weighted by Gasteiger charge is 2.25. The number of piperidine rings is 1. The lowest BCUT2D eigenvalue weighted by atomic mass is 10.0. The van der Waals surface area contributed by atoms with E-state index in [1.165, 1.54) is 0 Å². The van der Waals surface area contributed by atoms with E-state index < -0.39 is 0 Å². The van der Waals surface area contributed by atoms with E-state index in [1.807, 2.05) is 19.2 Å². The summed E-state index contributed by atoms with van der Waals surface area (Å²) in [7, 11) is 3.66. The third kappa shape index (κ3) is 3.94. The molecular formula is C17H22ClN5O. The minimum Gasteiger partial charge on any atom is -0.481 e. The zero-order chi connectivity index (χ0) is 16.9. The number of halogens is 1. The summed E-state index contributed by atoms with van der Waals surface area (Å²) in [5, 5.41) is 0.587. The summed E-state index contributed by atoms with van der Waals surface area (Å²) in [6.07, 6.45) is 5.71. The molecule has 0 radical (unpaired) electrons. The molecule has 3 rings (SSSR count). The lowest BCUT2D eigenvalue weighted by molar-refractivity contribution is 0.198. The first kappa shape index (κ1) is 16.9. The van der Waals surface area contributed by atoms with Crippen LogP contribution in [0.1, 0.15) is 18.4 Å². The van der Waals surface area contributed by atoms with Crippen LogP contribution in [-0.2, 0) is 6.54 Å². The maximum atomic E-state index is 6.19. The molecule has 0 bridgehead atoms. The summed E-state index contributed by atoms with van der Waals surface area (Å²) in [6.45, 7) is 2.83. The average Bonchev–Trinajstić information content (AvgIpc) is 2.63. The predicted molar refractivity (Wildman–Crippen MR) is 94.5 cm³/mol. The minimum absolute atomic E-state index is 0.362. The fraction of sp³-hybridized carbons (Fsp3) is 0.471. The van der Waals surface area contributed by atoms with Crippen LogP contribution in [0.2, 0.25) is 5.15 Å². The zero-order valence-corrected chi connectivity index (χ0v) is 14.8. The van der Waals surface area contributed by atoms with E-state index in [0.717, 1.165) is 38.0 Å².